The van der Waals surface area contributed by atoms with Crippen LogP contribution < -0.4 is 15.1 Å². The molecule has 1 N–H and O–H groups in total. The number of morpholine rings is 1. The second kappa shape index (κ2) is 8.43. The highest BCUT2D eigenvalue weighted by atomic mass is 16.5. The smallest absolute Gasteiger partial charge is 0.321 e. The zero-order chi connectivity index (χ0) is 19.3. The summed E-state index contributed by atoms with van der Waals surface area (Å²) in [4.78, 5) is 27.7. The number of aromatic nitrogens is 2. The third-order valence-corrected chi connectivity index (χ3v) is 5.13. The molecule has 1 aromatic heterocycles. The maximum Gasteiger partial charge on any atom is 0.321 e. The van der Waals surface area contributed by atoms with Gasteiger partial charge in [-0.1, -0.05) is 12.1 Å². The van der Waals surface area contributed by atoms with Crippen LogP contribution in [0, 0.1) is 6.92 Å². The van der Waals surface area contributed by atoms with E-state index in [-0.39, 0.29) is 6.03 Å². The maximum atomic E-state index is 12.5. The Morgan fingerprint density at radius 3 is 2.32 bits per heavy atom. The molecule has 0 spiro atoms. The zero-order valence-electron chi connectivity index (χ0n) is 16.2. The molecule has 148 valence electrons. The largest absolute Gasteiger partial charge is 0.378 e. The summed E-state index contributed by atoms with van der Waals surface area (Å²) >= 11 is 0. The molecule has 0 bridgehead atoms. The van der Waals surface area contributed by atoms with Gasteiger partial charge in [-0.3, -0.25) is 0 Å². The molecule has 0 saturated carbocycles. The van der Waals surface area contributed by atoms with Gasteiger partial charge in [-0.15, -0.1) is 0 Å². The first-order chi connectivity index (χ1) is 13.7. The Hall–Kier alpha value is -2.87. The molecular weight excluding hydrogens is 356 g/mol. The summed E-state index contributed by atoms with van der Waals surface area (Å²) in [5, 5.41) is 2.98. The molecule has 2 aliphatic heterocycles. The predicted molar refractivity (Wildman–Crippen MR) is 109 cm³/mol. The number of hydrogen-bond donors (Lipinski definition) is 1. The number of nitrogens with zero attached hydrogens (tertiary/aromatic N) is 5. The van der Waals surface area contributed by atoms with Crippen molar-refractivity contribution >= 4 is 23.4 Å². The van der Waals surface area contributed by atoms with Crippen LogP contribution in [-0.2, 0) is 4.74 Å². The van der Waals surface area contributed by atoms with E-state index in [2.05, 4.69) is 25.1 Å². The number of benzene rings is 1. The molecule has 2 aliphatic rings. The van der Waals surface area contributed by atoms with Crippen LogP contribution in [0.1, 0.15) is 5.56 Å². The fourth-order valence-electron chi connectivity index (χ4n) is 3.54. The lowest BCUT2D eigenvalue weighted by Gasteiger charge is -2.36. The minimum Gasteiger partial charge on any atom is -0.378 e. The van der Waals surface area contributed by atoms with Gasteiger partial charge < -0.3 is 24.8 Å². The van der Waals surface area contributed by atoms with Gasteiger partial charge >= 0.3 is 6.03 Å². The lowest BCUT2D eigenvalue weighted by Crippen LogP contribution is -2.50. The van der Waals surface area contributed by atoms with Crippen LogP contribution in [0.3, 0.4) is 0 Å². The van der Waals surface area contributed by atoms with Gasteiger partial charge in [-0.05, 0) is 24.6 Å². The van der Waals surface area contributed by atoms with Crippen molar-refractivity contribution in [3.05, 3.63) is 42.2 Å². The minimum absolute atomic E-state index is 0.0538. The quantitative estimate of drug-likeness (QED) is 0.875. The average molecular weight is 382 g/mol. The molecule has 0 unspecified atom stereocenters. The first-order valence-electron chi connectivity index (χ1n) is 9.71. The third-order valence-electron chi connectivity index (χ3n) is 5.13. The number of rotatable bonds is 3. The number of piperazine rings is 1. The van der Waals surface area contributed by atoms with Crippen LogP contribution in [-0.4, -0.2) is 73.4 Å². The Kier molecular flexibility index (Phi) is 5.57. The van der Waals surface area contributed by atoms with E-state index in [0.29, 0.717) is 13.1 Å². The van der Waals surface area contributed by atoms with Crippen LogP contribution >= 0.6 is 0 Å². The number of hydrogen-bond acceptors (Lipinski definition) is 6. The van der Waals surface area contributed by atoms with Gasteiger partial charge in [-0.2, -0.15) is 0 Å². The molecule has 2 amide bonds. The van der Waals surface area contributed by atoms with Gasteiger partial charge in [0.05, 0.1) is 13.2 Å². The minimum atomic E-state index is -0.0538. The van der Waals surface area contributed by atoms with Crippen LogP contribution in [0.15, 0.2) is 36.7 Å². The van der Waals surface area contributed by atoms with E-state index in [4.69, 9.17) is 4.74 Å². The lowest BCUT2D eigenvalue weighted by atomic mass is 10.2. The van der Waals surface area contributed by atoms with Gasteiger partial charge in [0.2, 0.25) is 0 Å². The molecule has 2 aromatic rings. The van der Waals surface area contributed by atoms with Crippen molar-refractivity contribution in [3.8, 4) is 0 Å². The standard InChI is InChI=1S/C20H26N6O2/c1-16-3-2-4-17(13-16)23-20(27)26-7-5-24(6-8-26)18-14-19(22-15-21-18)25-9-11-28-12-10-25/h2-4,13-15H,5-12H2,1H3,(H,23,27). The molecule has 2 saturated heterocycles. The molecule has 0 radical (unpaired) electrons. The maximum absolute atomic E-state index is 12.5. The van der Waals surface area contributed by atoms with Crippen molar-refractivity contribution in [1.29, 1.82) is 0 Å². The molecular formula is C20H26N6O2. The number of nitrogens with one attached hydrogen (secondary N) is 1. The number of anilines is 3. The topological polar surface area (TPSA) is 73.8 Å². The highest BCUT2D eigenvalue weighted by Crippen LogP contribution is 2.20. The van der Waals surface area contributed by atoms with E-state index in [1.807, 2.05) is 42.2 Å². The Balaban J connectivity index is 1.34. The summed E-state index contributed by atoms with van der Waals surface area (Å²) in [7, 11) is 0. The summed E-state index contributed by atoms with van der Waals surface area (Å²) in [5.41, 5.74) is 1.96. The molecule has 0 atom stereocenters. The van der Waals surface area contributed by atoms with Crippen molar-refractivity contribution in [2.24, 2.45) is 0 Å². The fourth-order valence-corrected chi connectivity index (χ4v) is 3.54. The first kappa shape index (κ1) is 18.5. The van der Waals surface area contributed by atoms with Crippen LogP contribution in [0.5, 0.6) is 0 Å². The Bertz CT molecular complexity index is 816. The molecule has 8 nitrogen and oxygen atoms in total. The molecule has 1 aromatic carbocycles. The summed E-state index contributed by atoms with van der Waals surface area (Å²) in [6.45, 7) is 8.00. The Labute approximate surface area is 165 Å². The first-order valence-corrected chi connectivity index (χ1v) is 9.71. The van der Waals surface area contributed by atoms with Crippen molar-refractivity contribution in [2.75, 3.05) is 67.6 Å². The summed E-state index contributed by atoms with van der Waals surface area (Å²) in [5.74, 6) is 1.85. The molecule has 2 fully saturated rings. The molecule has 4 rings (SSSR count). The van der Waals surface area contributed by atoms with E-state index in [0.717, 1.165) is 62.3 Å². The number of aryl methyl sites for hydroxylation is 1. The average Bonchev–Trinajstić information content (AvgIpc) is 2.75. The normalized spacial score (nSPS) is 17.5. The van der Waals surface area contributed by atoms with Gasteiger partial charge in [0, 0.05) is 51.0 Å². The number of carbonyl (C=O) groups is 1. The number of ether oxygens (including phenoxy) is 1. The van der Waals surface area contributed by atoms with Gasteiger partial charge in [0.25, 0.3) is 0 Å². The van der Waals surface area contributed by atoms with Crippen molar-refractivity contribution in [2.45, 2.75) is 6.92 Å². The van der Waals surface area contributed by atoms with E-state index in [9.17, 15) is 4.79 Å². The highest BCUT2D eigenvalue weighted by molar-refractivity contribution is 5.89. The summed E-state index contributed by atoms with van der Waals surface area (Å²) in [6, 6.07) is 9.83. The second-order valence-electron chi connectivity index (χ2n) is 7.11. The van der Waals surface area contributed by atoms with E-state index in [1.54, 1.807) is 6.33 Å². The molecule has 0 aliphatic carbocycles. The second-order valence-corrected chi connectivity index (χ2v) is 7.11. The molecule has 28 heavy (non-hydrogen) atoms. The van der Waals surface area contributed by atoms with Crippen LogP contribution in [0.2, 0.25) is 0 Å². The number of carbonyl (C=O) groups excluding carboxylic acids is 1. The van der Waals surface area contributed by atoms with Crippen molar-refractivity contribution < 1.29 is 9.53 Å². The van der Waals surface area contributed by atoms with E-state index < -0.39 is 0 Å². The Morgan fingerprint density at radius 2 is 1.64 bits per heavy atom. The lowest BCUT2D eigenvalue weighted by molar-refractivity contribution is 0.122. The zero-order valence-corrected chi connectivity index (χ0v) is 16.2. The summed E-state index contributed by atoms with van der Waals surface area (Å²) < 4.78 is 5.41. The number of amides is 2. The third kappa shape index (κ3) is 4.33. The Morgan fingerprint density at radius 1 is 0.964 bits per heavy atom. The van der Waals surface area contributed by atoms with E-state index in [1.165, 1.54) is 0 Å². The van der Waals surface area contributed by atoms with Crippen molar-refractivity contribution in [3.63, 3.8) is 0 Å². The fraction of sp³-hybridized carbons (Fsp3) is 0.450. The highest BCUT2D eigenvalue weighted by Gasteiger charge is 2.23. The SMILES string of the molecule is Cc1cccc(NC(=O)N2CCN(c3cc(N4CCOCC4)ncn3)CC2)c1. The van der Waals surface area contributed by atoms with E-state index >= 15 is 0 Å². The summed E-state index contributed by atoms with van der Waals surface area (Å²) in [6.07, 6.45) is 1.62. The van der Waals surface area contributed by atoms with Crippen LogP contribution in [0.4, 0.5) is 22.1 Å². The number of urea groups is 1. The van der Waals surface area contributed by atoms with Gasteiger partial charge in [0.15, 0.2) is 0 Å². The van der Waals surface area contributed by atoms with Crippen LogP contribution in [0.25, 0.3) is 0 Å². The van der Waals surface area contributed by atoms with Crippen molar-refractivity contribution in [1.82, 2.24) is 14.9 Å². The monoisotopic (exact) mass is 382 g/mol. The van der Waals surface area contributed by atoms with Gasteiger partial charge in [0.1, 0.15) is 18.0 Å². The molecule has 3 heterocycles. The predicted octanol–water partition coefficient (Wildman–Crippen LogP) is 1.98. The molecule has 8 heteroatoms. The van der Waals surface area contributed by atoms with Gasteiger partial charge in [-0.25, -0.2) is 14.8 Å².